The summed E-state index contributed by atoms with van der Waals surface area (Å²) >= 11 is 0. The molecule has 16 heavy (non-hydrogen) atoms. The second-order valence-corrected chi connectivity index (χ2v) is 4.03. The van der Waals surface area contributed by atoms with Crippen LogP contribution < -0.4 is 5.32 Å². The van der Waals surface area contributed by atoms with E-state index in [-0.39, 0.29) is 24.5 Å². The highest BCUT2D eigenvalue weighted by Gasteiger charge is 2.32. The van der Waals surface area contributed by atoms with Crippen molar-refractivity contribution < 1.29 is 19.4 Å². The number of methoxy groups -OCH3 is 1. The SMILES string of the molecule is CNC1CC(C(=O)OC)CN(CC(=O)O)C1. The van der Waals surface area contributed by atoms with E-state index in [4.69, 9.17) is 9.84 Å². The van der Waals surface area contributed by atoms with Crippen molar-refractivity contribution in [2.24, 2.45) is 5.92 Å². The lowest BCUT2D eigenvalue weighted by Crippen LogP contribution is -2.51. The fourth-order valence-corrected chi connectivity index (χ4v) is 2.06. The minimum absolute atomic E-state index is 0.0360. The smallest absolute Gasteiger partial charge is 0.317 e. The van der Waals surface area contributed by atoms with Crippen molar-refractivity contribution in [1.29, 1.82) is 0 Å². The number of carboxylic acids is 1. The summed E-state index contributed by atoms with van der Waals surface area (Å²) in [6.45, 7) is 1.07. The van der Waals surface area contributed by atoms with Crippen molar-refractivity contribution >= 4 is 11.9 Å². The van der Waals surface area contributed by atoms with Gasteiger partial charge in [0.25, 0.3) is 0 Å². The zero-order chi connectivity index (χ0) is 12.1. The molecule has 0 aromatic heterocycles. The second kappa shape index (κ2) is 5.81. The molecule has 0 amide bonds. The number of hydrogen-bond donors (Lipinski definition) is 2. The van der Waals surface area contributed by atoms with Crippen molar-refractivity contribution in [1.82, 2.24) is 10.2 Å². The number of esters is 1. The molecule has 0 saturated carbocycles. The second-order valence-electron chi connectivity index (χ2n) is 4.03. The predicted molar refractivity (Wildman–Crippen MR) is 57.0 cm³/mol. The van der Waals surface area contributed by atoms with Crippen LogP contribution in [0.3, 0.4) is 0 Å². The largest absolute Gasteiger partial charge is 0.480 e. The van der Waals surface area contributed by atoms with Crippen LogP contribution in [0.2, 0.25) is 0 Å². The monoisotopic (exact) mass is 230 g/mol. The number of rotatable bonds is 4. The summed E-state index contributed by atoms with van der Waals surface area (Å²) in [5.41, 5.74) is 0. The quantitative estimate of drug-likeness (QED) is 0.613. The molecule has 1 rings (SSSR count). The Morgan fingerprint density at radius 1 is 1.50 bits per heavy atom. The molecule has 6 nitrogen and oxygen atoms in total. The van der Waals surface area contributed by atoms with Gasteiger partial charge in [-0.1, -0.05) is 0 Å². The zero-order valence-electron chi connectivity index (χ0n) is 9.60. The Hall–Kier alpha value is -1.14. The molecular formula is C10H18N2O4. The van der Waals surface area contributed by atoms with Crippen LogP contribution in [0, 0.1) is 5.92 Å². The molecule has 0 bridgehead atoms. The number of piperidine rings is 1. The van der Waals surface area contributed by atoms with Gasteiger partial charge in [-0.3, -0.25) is 14.5 Å². The molecule has 1 saturated heterocycles. The van der Waals surface area contributed by atoms with Gasteiger partial charge < -0.3 is 15.2 Å². The zero-order valence-corrected chi connectivity index (χ0v) is 9.60. The Bertz CT molecular complexity index is 270. The number of likely N-dealkylation sites (N-methyl/N-ethyl adjacent to an activating group) is 1. The van der Waals surface area contributed by atoms with Gasteiger partial charge >= 0.3 is 11.9 Å². The Labute approximate surface area is 94.6 Å². The maximum atomic E-state index is 11.4. The highest BCUT2D eigenvalue weighted by atomic mass is 16.5. The minimum Gasteiger partial charge on any atom is -0.480 e. The van der Waals surface area contributed by atoms with Crippen molar-refractivity contribution in [3.8, 4) is 0 Å². The van der Waals surface area contributed by atoms with Crippen molar-refractivity contribution in [3.05, 3.63) is 0 Å². The summed E-state index contributed by atoms with van der Waals surface area (Å²) in [4.78, 5) is 23.8. The van der Waals surface area contributed by atoms with Crippen LogP contribution in [0.15, 0.2) is 0 Å². The Morgan fingerprint density at radius 2 is 2.19 bits per heavy atom. The van der Waals surface area contributed by atoms with E-state index in [0.29, 0.717) is 19.5 Å². The van der Waals surface area contributed by atoms with Crippen LogP contribution in [-0.4, -0.2) is 61.8 Å². The van der Waals surface area contributed by atoms with Crippen LogP contribution in [0.25, 0.3) is 0 Å². The Balaban J connectivity index is 2.60. The first kappa shape index (κ1) is 12.9. The molecule has 1 heterocycles. The summed E-state index contributed by atoms with van der Waals surface area (Å²) in [7, 11) is 3.16. The first-order chi connectivity index (χ1) is 7.56. The standard InChI is InChI=1S/C10H18N2O4/c1-11-8-3-7(10(15)16-2)4-12(5-8)6-9(13)14/h7-8,11H,3-6H2,1-2H3,(H,13,14). The number of nitrogens with zero attached hydrogens (tertiary/aromatic N) is 1. The van der Waals surface area contributed by atoms with Gasteiger partial charge in [-0.15, -0.1) is 0 Å². The summed E-state index contributed by atoms with van der Waals surface area (Å²) in [5.74, 6) is -1.38. The van der Waals surface area contributed by atoms with E-state index < -0.39 is 5.97 Å². The molecule has 2 unspecified atom stereocenters. The Kier molecular flexibility index (Phi) is 4.70. The molecule has 0 radical (unpaired) electrons. The molecule has 0 aromatic rings. The number of hydrogen-bond acceptors (Lipinski definition) is 5. The third-order valence-corrected chi connectivity index (χ3v) is 2.83. The number of carbonyl (C=O) groups excluding carboxylic acids is 1. The van der Waals surface area contributed by atoms with Gasteiger partial charge in [-0.05, 0) is 13.5 Å². The number of aliphatic carboxylic acids is 1. The lowest BCUT2D eigenvalue weighted by Gasteiger charge is -2.35. The van der Waals surface area contributed by atoms with Gasteiger partial charge in [0.05, 0.1) is 19.6 Å². The number of likely N-dealkylation sites (tertiary alicyclic amines) is 1. The number of carboxylic acid groups (broad SMARTS) is 1. The first-order valence-electron chi connectivity index (χ1n) is 5.26. The van der Waals surface area contributed by atoms with E-state index in [0.717, 1.165) is 0 Å². The lowest BCUT2D eigenvalue weighted by atomic mass is 9.94. The summed E-state index contributed by atoms with van der Waals surface area (Å²) in [5, 5.41) is 11.8. The topological polar surface area (TPSA) is 78.9 Å². The van der Waals surface area contributed by atoms with Crippen LogP contribution in [0.1, 0.15) is 6.42 Å². The average molecular weight is 230 g/mol. The third kappa shape index (κ3) is 3.46. The molecule has 0 aromatic carbocycles. The summed E-state index contributed by atoms with van der Waals surface area (Å²) in [6, 6.07) is 0.136. The predicted octanol–water partition coefficient (Wildman–Crippen LogP) is -0.846. The van der Waals surface area contributed by atoms with Crippen molar-refractivity contribution in [2.75, 3.05) is 33.8 Å². The van der Waals surface area contributed by atoms with Crippen molar-refractivity contribution in [3.63, 3.8) is 0 Å². The van der Waals surface area contributed by atoms with E-state index in [1.165, 1.54) is 7.11 Å². The van der Waals surface area contributed by atoms with E-state index in [1.807, 2.05) is 7.05 Å². The highest BCUT2D eigenvalue weighted by molar-refractivity contribution is 5.73. The van der Waals surface area contributed by atoms with E-state index in [1.54, 1.807) is 4.90 Å². The normalized spacial score (nSPS) is 26.4. The molecule has 0 aliphatic carbocycles. The van der Waals surface area contributed by atoms with E-state index >= 15 is 0 Å². The van der Waals surface area contributed by atoms with Gasteiger partial charge in [-0.2, -0.15) is 0 Å². The molecule has 0 spiro atoms. The fraction of sp³-hybridized carbons (Fsp3) is 0.800. The lowest BCUT2D eigenvalue weighted by molar-refractivity contribution is -0.149. The highest BCUT2D eigenvalue weighted by Crippen LogP contribution is 2.17. The van der Waals surface area contributed by atoms with Crippen LogP contribution in [0.4, 0.5) is 0 Å². The van der Waals surface area contributed by atoms with E-state index in [9.17, 15) is 9.59 Å². The summed E-state index contributed by atoms with van der Waals surface area (Å²) < 4.78 is 4.70. The molecule has 1 aliphatic rings. The maximum Gasteiger partial charge on any atom is 0.317 e. The third-order valence-electron chi connectivity index (χ3n) is 2.83. The van der Waals surface area contributed by atoms with Crippen LogP contribution in [-0.2, 0) is 14.3 Å². The van der Waals surface area contributed by atoms with Gasteiger partial charge in [0, 0.05) is 19.1 Å². The maximum absolute atomic E-state index is 11.4. The van der Waals surface area contributed by atoms with E-state index in [2.05, 4.69) is 5.32 Å². The van der Waals surface area contributed by atoms with Gasteiger partial charge in [-0.25, -0.2) is 0 Å². The van der Waals surface area contributed by atoms with Crippen molar-refractivity contribution in [2.45, 2.75) is 12.5 Å². The van der Waals surface area contributed by atoms with Crippen LogP contribution in [0.5, 0.6) is 0 Å². The summed E-state index contributed by atoms with van der Waals surface area (Å²) in [6.07, 6.45) is 0.694. The molecular weight excluding hydrogens is 212 g/mol. The van der Waals surface area contributed by atoms with Gasteiger partial charge in [0.2, 0.25) is 0 Å². The number of nitrogens with one attached hydrogen (secondary N) is 1. The van der Waals surface area contributed by atoms with Crippen LogP contribution >= 0.6 is 0 Å². The Morgan fingerprint density at radius 3 is 2.69 bits per heavy atom. The van der Waals surface area contributed by atoms with Gasteiger partial charge in [0.1, 0.15) is 0 Å². The first-order valence-corrected chi connectivity index (χ1v) is 5.26. The molecule has 1 fully saturated rings. The molecule has 1 aliphatic heterocycles. The molecule has 92 valence electrons. The van der Waals surface area contributed by atoms with Gasteiger partial charge in [0.15, 0.2) is 0 Å². The minimum atomic E-state index is -0.875. The number of ether oxygens (including phenoxy) is 1. The molecule has 2 N–H and O–H groups in total. The average Bonchev–Trinajstić information content (AvgIpc) is 2.26. The molecule has 6 heteroatoms. The fourth-order valence-electron chi connectivity index (χ4n) is 2.06. The molecule has 2 atom stereocenters. The number of carbonyl (C=O) groups is 2.